The quantitative estimate of drug-likeness (QED) is 0.700. The summed E-state index contributed by atoms with van der Waals surface area (Å²) in [5, 5.41) is 1.20. The smallest absolute Gasteiger partial charge is 0.0705 e. The summed E-state index contributed by atoms with van der Waals surface area (Å²) in [6.45, 7) is 0. The Morgan fingerprint density at radius 3 is 2.79 bits per heavy atom. The maximum Gasteiger partial charge on any atom is 0.0705 e. The molecule has 0 radical (unpaired) electrons. The molecule has 2 aromatic rings. The van der Waals surface area contributed by atoms with E-state index in [1.54, 1.807) is 0 Å². The van der Waals surface area contributed by atoms with Crippen LogP contribution in [0.15, 0.2) is 36.4 Å². The van der Waals surface area contributed by atoms with Gasteiger partial charge in [-0.25, -0.2) is 0 Å². The minimum absolute atomic E-state index is 0.703. The van der Waals surface area contributed by atoms with Gasteiger partial charge in [0.25, 0.3) is 0 Å². The highest BCUT2D eigenvalue weighted by Crippen LogP contribution is 2.12. The van der Waals surface area contributed by atoms with E-state index in [4.69, 9.17) is 11.6 Å². The molecule has 1 aromatic carbocycles. The van der Waals surface area contributed by atoms with Crippen LogP contribution >= 0.6 is 11.6 Å². The Kier molecular flexibility index (Phi) is 3.00. The van der Waals surface area contributed by atoms with Gasteiger partial charge in [0.05, 0.1) is 5.52 Å². The number of pyridine rings is 1. The van der Waals surface area contributed by atoms with E-state index in [2.05, 4.69) is 23.2 Å². The molecule has 2 rings (SSSR count). The first-order valence-electron chi connectivity index (χ1n) is 4.81. The van der Waals surface area contributed by atoms with Crippen LogP contribution in [-0.2, 0) is 6.42 Å². The molecule has 1 aromatic heterocycles. The van der Waals surface area contributed by atoms with Crippen LogP contribution in [0.25, 0.3) is 10.9 Å². The SMILES string of the molecule is ClCCCc1ccc2ccccc2n1. The van der Waals surface area contributed by atoms with Crippen molar-refractivity contribution in [3.8, 4) is 0 Å². The summed E-state index contributed by atoms with van der Waals surface area (Å²) in [4.78, 5) is 4.55. The average molecular weight is 206 g/mol. The summed E-state index contributed by atoms with van der Waals surface area (Å²) in [5.41, 5.74) is 2.20. The van der Waals surface area contributed by atoms with E-state index >= 15 is 0 Å². The standard InChI is InChI=1S/C12H12ClN/c13-9-3-5-11-8-7-10-4-1-2-6-12(10)14-11/h1-2,4,6-8H,3,5,9H2. The number of aromatic nitrogens is 1. The van der Waals surface area contributed by atoms with Crippen LogP contribution in [-0.4, -0.2) is 10.9 Å². The molecule has 0 bridgehead atoms. The summed E-state index contributed by atoms with van der Waals surface area (Å²) in [7, 11) is 0. The second kappa shape index (κ2) is 4.43. The Bertz CT molecular complexity index is 425. The second-order valence-corrected chi connectivity index (χ2v) is 3.67. The number of nitrogens with zero attached hydrogens (tertiary/aromatic N) is 1. The molecule has 0 aliphatic carbocycles. The lowest BCUT2D eigenvalue weighted by Crippen LogP contribution is -1.91. The lowest BCUT2D eigenvalue weighted by molar-refractivity contribution is 0.896. The average Bonchev–Trinajstić information content (AvgIpc) is 2.26. The van der Waals surface area contributed by atoms with Crippen molar-refractivity contribution < 1.29 is 0 Å². The van der Waals surface area contributed by atoms with E-state index in [-0.39, 0.29) is 0 Å². The number of hydrogen-bond donors (Lipinski definition) is 0. The summed E-state index contributed by atoms with van der Waals surface area (Å²) in [5.74, 6) is 0.703. The highest BCUT2D eigenvalue weighted by Gasteiger charge is 1.96. The van der Waals surface area contributed by atoms with Crippen molar-refractivity contribution in [3.05, 3.63) is 42.1 Å². The second-order valence-electron chi connectivity index (χ2n) is 3.29. The molecule has 0 unspecified atom stereocenters. The molecule has 0 aliphatic rings. The van der Waals surface area contributed by atoms with E-state index in [0.29, 0.717) is 5.88 Å². The van der Waals surface area contributed by atoms with Crippen molar-refractivity contribution in [3.63, 3.8) is 0 Å². The molecule has 0 amide bonds. The molecule has 0 atom stereocenters. The predicted molar refractivity (Wildman–Crippen MR) is 60.8 cm³/mol. The topological polar surface area (TPSA) is 12.9 Å². The fourth-order valence-electron chi connectivity index (χ4n) is 1.50. The molecule has 0 fully saturated rings. The molecular weight excluding hydrogens is 194 g/mol. The van der Waals surface area contributed by atoms with Gasteiger partial charge in [-0.15, -0.1) is 11.6 Å². The molecule has 0 N–H and O–H groups in total. The van der Waals surface area contributed by atoms with Crippen LogP contribution < -0.4 is 0 Å². The monoisotopic (exact) mass is 205 g/mol. The fourth-order valence-corrected chi connectivity index (χ4v) is 1.63. The number of rotatable bonds is 3. The van der Waals surface area contributed by atoms with E-state index in [9.17, 15) is 0 Å². The van der Waals surface area contributed by atoms with Gasteiger partial charge in [0.2, 0.25) is 0 Å². The van der Waals surface area contributed by atoms with Crippen LogP contribution in [0.5, 0.6) is 0 Å². The zero-order valence-corrected chi connectivity index (χ0v) is 8.67. The minimum Gasteiger partial charge on any atom is -0.253 e. The normalized spacial score (nSPS) is 10.6. The van der Waals surface area contributed by atoms with E-state index < -0.39 is 0 Å². The minimum atomic E-state index is 0.703. The number of benzene rings is 1. The third kappa shape index (κ3) is 2.05. The molecule has 0 saturated carbocycles. The maximum absolute atomic E-state index is 5.64. The summed E-state index contributed by atoms with van der Waals surface area (Å²) < 4.78 is 0. The van der Waals surface area contributed by atoms with Gasteiger partial charge in [0.1, 0.15) is 0 Å². The Labute approximate surface area is 88.7 Å². The highest BCUT2D eigenvalue weighted by molar-refractivity contribution is 6.17. The van der Waals surface area contributed by atoms with Gasteiger partial charge in [-0.1, -0.05) is 24.3 Å². The molecule has 1 nitrogen and oxygen atoms in total. The lowest BCUT2D eigenvalue weighted by atomic mass is 10.1. The maximum atomic E-state index is 5.64. The van der Waals surface area contributed by atoms with Crippen molar-refractivity contribution in [1.82, 2.24) is 4.98 Å². The molecule has 0 aliphatic heterocycles. The molecular formula is C12H12ClN. The van der Waals surface area contributed by atoms with Crippen LogP contribution in [0.2, 0.25) is 0 Å². The first-order chi connectivity index (χ1) is 6.90. The Hall–Kier alpha value is -1.08. The van der Waals surface area contributed by atoms with E-state index in [1.165, 1.54) is 5.39 Å². The molecule has 72 valence electrons. The van der Waals surface area contributed by atoms with Crippen molar-refractivity contribution in [2.45, 2.75) is 12.8 Å². The number of halogens is 1. The largest absolute Gasteiger partial charge is 0.253 e. The zero-order chi connectivity index (χ0) is 9.80. The predicted octanol–water partition coefficient (Wildman–Crippen LogP) is 3.41. The summed E-state index contributed by atoms with van der Waals surface area (Å²) in [6.07, 6.45) is 1.96. The number of aryl methyl sites for hydroxylation is 1. The summed E-state index contributed by atoms with van der Waals surface area (Å²) in [6, 6.07) is 12.4. The fraction of sp³-hybridized carbons (Fsp3) is 0.250. The van der Waals surface area contributed by atoms with Gasteiger partial charge >= 0.3 is 0 Å². The van der Waals surface area contributed by atoms with Crippen molar-refractivity contribution in [1.29, 1.82) is 0 Å². The number of para-hydroxylation sites is 1. The van der Waals surface area contributed by atoms with E-state index in [1.807, 2.05) is 18.2 Å². The molecule has 2 heteroatoms. The molecule has 1 heterocycles. The first kappa shape index (κ1) is 9.47. The van der Waals surface area contributed by atoms with Crippen molar-refractivity contribution in [2.24, 2.45) is 0 Å². The van der Waals surface area contributed by atoms with Crippen LogP contribution in [0, 0.1) is 0 Å². The third-order valence-electron chi connectivity index (χ3n) is 2.22. The van der Waals surface area contributed by atoms with Gasteiger partial charge in [-0.05, 0) is 25.0 Å². The molecule has 0 saturated heterocycles. The van der Waals surface area contributed by atoms with Gasteiger partial charge in [-0.2, -0.15) is 0 Å². The van der Waals surface area contributed by atoms with Gasteiger partial charge < -0.3 is 0 Å². The Morgan fingerprint density at radius 2 is 1.93 bits per heavy atom. The lowest BCUT2D eigenvalue weighted by Gasteiger charge is -2.01. The molecule has 14 heavy (non-hydrogen) atoms. The van der Waals surface area contributed by atoms with Gasteiger partial charge in [0, 0.05) is 17.0 Å². The van der Waals surface area contributed by atoms with Gasteiger partial charge in [0.15, 0.2) is 0 Å². The first-order valence-corrected chi connectivity index (χ1v) is 5.34. The number of fused-ring (bicyclic) bond motifs is 1. The number of hydrogen-bond acceptors (Lipinski definition) is 1. The Balaban J connectivity index is 2.32. The Morgan fingerprint density at radius 1 is 1.07 bits per heavy atom. The zero-order valence-electron chi connectivity index (χ0n) is 7.91. The van der Waals surface area contributed by atoms with Crippen LogP contribution in [0.1, 0.15) is 12.1 Å². The third-order valence-corrected chi connectivity index (χ3v) is 2.49. The van der Waals surface area contributed by atoms with Crippen LogP contribution in [0.3, 0.4) is 0 Å². The van der Waals surface area contributed by atoms with Crippen molar-refractivity contribution in [2.75, 3.05) is 5.88 Å². The highest BCUT2D eigenvalue weighted by atomic mass is 35.5. The summed E-state index contributed by atoms with van der Waals surface area (Å²) >= 11 is 5.64. The molecule has 0 spiro atoms. The number of alkyl halides is 1. The van der Waals surface area contributed by atoms with E-state index in [0.717, 1.165) is 24.1 Å². The van der Waals surface area contributed by atoms with Crippen molar-refractivity contribution >= 4 is 22.5 Å². The van der Waals surface area contributed by atoms with Gasteiger partial charge in [-0.3, -0.25) is 4.98 Å². The van der Waals surface area contributed by atoms with Crippen LogP contribution in [0.4, 0.5) is 0 Å².